The van der Waals surface area contributed by atoms with Crippen molar-refractivity contribution in [2.75, 3.05) is 36.0 Å². The highest BCUT2D eigenvalue weighted by atomic mass is 16.4. The third-order valence-electron chi connectivity index (χ3n) is 3.90. The lowest BCUT2D eigenvalue weighted by Crippen LogP contribution is -2.46. The van der Waals surface area contributed by atoms with Crippen LogP contribution in [0.5, 0.6) is 0 Å². The van der Waals surface area contributed by atoms with Gasteiger partial charge in [-0.2, -0.15) is 0 Å². The van der Waals surface area contributed by atoms with Crippen molar-refractivity contribution in [1.29, 1.82) is 0 Å². The first-order valence-electron chi connectivity index (χ1n) is 7.93. The Kier molecular flexibility index (Phi) is 4.27. The molecule has 0 bridgehead atoms. The number of nitrogens with zero attached hydrogens (tertiary/aromatic N) is 5. The lowest BCUT2D eigenvalue weighted by atomic mass is 10.2. The van der Waals surface area contributed by atoms with Crippen LogP contribution in [0, 0.1) is 13.8 Å². The van der Waals surface area contributed by atoms with E-state index >= 15 is 0 Å². The molecule has 0 atom stereocenters. The molecule has 0 N–H and O–H groups in total. The topological polar surface area (TPSA) is 58.3 Å². The van der Waals surface area contributed by atoms with Crippen molar-refractivity contribution in [2.24, 2.45) is 0 Å². The van der Waals surface area contributed by atoms with Crippen molar-refractivity contribution in [3.8, 4) is 0 Å². The van der Waals surface area contributed by atoms with Crippen LogP contribution in [0.25, 0.3) is 0 Å². The van der Waals surface area contributed by atoms with Gasteiger partial charge in [-0.25, -0.2) is 0 Å². The Balaban J connectivity index is 1.64. The summed E-state index contributed by atoms with van der Waals surface area (Å²) in [5, 5.41) is 8.27. The Morgan fingerprint density at radius 2 is 1.64 bits per heavy atom. The average molecular weight is 301 g/mol. The van der Waals surface area contributed by atoms with Gasteiger partial charge in [0.1, 0.15) is 0 Å². The van der Waals surface area contributed by atoms with Crippen LogP contribution in [0.1, 0.15) is 30.6 Å². The first-order valence-corrected chi connectivity index (χ1v) is 7.93. The molecule has 3 heterocycles. The largest absolute Gasteiger partial charge is 0.408 e. The molecule has 1 fully saturated rings. The van der Waals surface area contributed by atoms with E-state index in [0.29, 0.717) is 6.01 Å². The van der Waals surface area contributed by atoms with E-state index in [2.05, 4.69) is 44.0 Å². The third kappa shape index (κ3) is 3.21. The molecule has 0 aromatic carbocycles. The number of pyridine rings is 1. The fourth-order valence-electron chi connectivity index (χ4n) is 2.84. The van der Waals surface area contributed by atoms with E-state index in [1.165, 1.54) is 5.69 Å². The Morgan fingerprint density at radius 3 is 2.27 bits per heavy atom. The van der Waals surface area contributed by atoms with E-state index in [1.54, 1.807) is 0 Å². The minimum atomic E-state index is 0.658. The summed E-state index contributed by atoms with van der Waals surface area (Å²) in [6.07, 6.45) is 1.87. The Labute approximate surface area is 131 Å². The molecule has 3 rings (SSSR count). The number of rotatable bonds is 4. The van der Waals surface area contributed by atoms with Gasteiger partial charge in [0.2, 0.25) is 5.89 Å². The molecule has 0 saturated carbocycles. The normalized spacial score (nSPS) is 15.4. The minimum Gasteiger partial charge on any atom is -0.408 e. The first kappa shape index (κ1) is 14.8. The van der Waals surface area contributed by atoms with Crippen molar-refractivity contribution in [3.63, 3.8) is 0 Å². The molecular weight excluding hydrogens is 278 g/mol. The maximum Gasteiger partial charge on any atom is 0.318 e. The lowest BCUT2D eigenvalue weighted by Gasteiger charge is -2.35. The Morgan fingerprint density at radius 1 is 1.00 bits per heavy atom. The highest BCUT2D eigenvalue weighted by molar-refractivity contribution is 5.49. The molecule has 1 saturated heterocycles. The van der Waals surface area contributed by atoms with Crippen molar-refractivity contribution < 1.29 is 4.42 Å². The van der Waals surface area contributed by atoms with E-state index < -0.39 is 0 Å². The van der Waals surface area contributed by atoms with Crippen molar-refractivity contribution in [1.82, 2.24) is 15.2 Å². The van der Waals surface area contributed by atoms with Crippen LogP contribution >= 0.6 is 0 Å². The number of hydrogen-bond donors (Lipinski definition) is 0. The van der Waals surface area contributed by atoms with Crippen molar-refractivity contribution >= 4 is 11.7 Å². The zero-order valence-corrected chi connectivity index (χ0v) is 13.5. The summed E-state index contributed by atoms with van der Waals surface area (Å²) >= 11 is 0. The van der Waals surface area contributed by atoms with Gasteiger partial charge in [0.25, 0.3) is 0 Å². The monoisotopic (exact) mass is 301 g/mol. The minimum absolute atomic E-state index is 0.658. The second kappa shape index (κ2) is 6.34. The Hall–Kier alpha value is -2.11. The van der Waals surface area contributed by atoms with Gasteiger partial charge in [0, 0.05) is 49.7 Å². The Bertz CT molecular complexity index is 611. The molecule has 1 aliphatic heterocycles. The van der Waals surface area contributed by atoms with Crippen LogP contribution in [0.3, 0.4) is 0 Å². The lowest BCUT2D eigenvalue weighted by molar-refractivity contribution is 0.472. The van der Waals surface area contributed by atoms with Crippen LogP contribution in [0.15, 0.2) is 16.5 Å². The van der Waals surface area contributed by atoms with Crippen LogP contribution in [0.2, 0.25) is 0 Å². The van der Waals surface area contributed by atoms with Gasteiger partial charge in [0.15, 0.2) is 0 Å². The highest BCUT2D eigenvalue weighted by Gasteiger charge is 2.21. The summed E-state index contributed by atoms with van der Waals surface area (Å²) in [6, 6.07) is 4.95. The van der Waals surface area contributed by atoms with Gasteiger partial charge in [-0.3, -0.25) is 4.98 Å². The fourth-order valence-corrected chi connectivity index (χ4v) is 2.84. The quantitative estimate of drug-likeness (QED) is 0.864. The standard InChI is InChI=1S/C16H23N5O/c1-4-5-15-18-19-16(22-15)21-8-6-20(7-9-21)14-10-12(2)17-13(3)11-14/h10-11H,4-9H2,1-3H3. The number of piperazine rings is 1. The number of aryl methyl sites for hydroxylation is 3. The molecule has 2 aromatic rings. The predicted octanol–water partition coefficient (Wildman–Crippen LogP) is 2.36. The molecular formula is C16H23N5O. The average Bonchev–Trinajstić information content (AvgIpc) is 2.95. The maximum atomic E-state index is 5.72. The molecule has 6 heteroatoms. The summed E-state index contributed by atoms with van der Waals surface area (Å²) in [5.41, 5.74) is 3.39. The van der Waals surface area contributed by atoms with Crippen LogP contribution in [0.4, 0.5) is 11.7 Å². The molecule has 118 valence electrons. The summed E-state index contributed by atoms with van der Waals surface area (Å²) in [7, 11) is 0. The molecule has 6 nitrogen and oxygen atoms in total. The fraction of sp³-hybridized carbons (Fsp3) is 0.562. The van der Waals surface area contributed by atoms with E-state index in [0.717, 1.165) is 56.3 Å². The first-order chi connectivity index (χ1) is 10.7. The van der Waals surface area contributed by atoms with E-state index in [9.17, 15) is 0 Å². The van der Waals surface area contributed by atoms with Gasteiger partial charge in [-0.1, -0.05) is 12.0 Å². The molecule has 2 aromatic heterocycles. The van der Waals surface area contributed by atoms with E-state index in [4.69, 9.17) is 4.42 Å². The molecule has 0 spiro atoms. The SMILES string of the molecule is CCCc1nnc(N2CCN(c3cc(C)nc(C)c3)CC2)o1. The molecule has 0 unspecified atom stereocenters. The van der Waals surface area contributed by atoms with E-state index in [-0.39, 0.29) is 0 Å². The van der Waals surface area contributed by atoms with Crippen molar-refractivity contribution in [3.05, 3.63) is 29.4 Å². The smallest absolute Gasteiger partial charge is 0.318 e. The number of anilines is 2. The molecule has 22 heavy (non-hydrogen) atoms. The van der Waals surface area contributed by atoms with E-state index in [1.807, 2.05) is 13.8 Å². The maximum absolute atomic E-state index is 5.72. The second-order valence-corrected chi connectivity index (χ2v) is 5.81. The zero-order valence-electron chi connectivity index (χ0n) is 13.5. The second-order valence-electron chi connectivity index (χ2n) is 5.81. The highest BCUT2D eigenvalue weighted by Crippen LogP contribution is 2.21. The van der Waals surface area contributed by atoms with Crippen LogP contribution in [-0.4, -0.2) is 41.4 Å². The molecule has 0 aliphatic carbocycles. The molecule has 0 amide bonds. The van der Waals surface area contributed by atoms with Gasteiger partial charge >= 0.3 is 6.01 Å². The number of hydrogen-bond acceptors (Lipinski definition) is 6. The molecule has 0 radical (unpaired) electrons. The van der Waals surface area contributed by atoms with Crippen LogP contribution in [-0.2, 0) is 6.42 Å². The van der Waals surface area contributed by atoms with Gasteiger partial charge in [-0.05, 0) is 32.4 Å². The van der Waals surface area contributed by atoms with Gasteiger partial charge in [0.05, 0.1) is 0 Å². The summed E-state index contributed by atoms with van der Waals surface area (Å²) in [6.45, 7) is 9.90. The van der Waals surface area contributed by atoms with Gasteiger partial charge in [-0.15, -0.1) is 5.10 Å². The zero-order chi connectivity index (χ0) is 15.5. The summed E-state index contributed by atoms with van der Waals surface area (Å²) < 4.78 is 5.72. The predicted molar refractivity (Wildman–Crippen MR) is 86.4 cm³/mol. The summed E-state index contributed by atoms with van der Waals surface area (Å²) in [4.78, 5) is 9.00. The van der Waals surface area contributed by atoms with Crippen LogP contribution < -0.4 is 9.80 Å². The molecule has 1 aliphatic rings. The van der Waals surface area contributed by atoms with Gasteiger partial charge < -0.3 is 14.2 Å². The summed E-state index contributed by atoms with van der Waals surface area (Å²) in [5.74, 6) is 0.736. The van der Waals surface area contributed by atoms with Crippen molar-refractivity contribution in [2.45, 2.75) is 33.6 Å². The third-order valence-corrected chi connectivity index (χ3v) is 3.90. The number of aromatic nitrogens is 3.